The van der Waals surface area contributed by atoms with E-state index in [0.717, 1.165) is 18.4 Å². The normalized spacial score (nSPS) is 43.1. The molecule has 2 bridgehead atoms. The Morgan fingerprint density at radius 3 is 2.84 bits per heavy atom. The van der Waals surface area contributed by atoms with E-state index in [4.69, 9.17) is 4.74 Å². The number of aliphatic imine (C=N–C) groups is 1. The highest BCUT2D eigenvalue weighted by molar-refractivity contribution is 5.81. The Hall–Kier alpha value is -1.45. The summed E-state index contributed by atoms with van der Waals surface area (Å²) < 4.78 is 7.38. The van der Waals surface area contributed by atoms with Crippen molar-refractivity contribution < 1.29 is 4.74 Å². The van der Waals surface area contributed by atoms with E-state index in [1.54, 1.807) is 5.57 Å². The zero-order chi connectivity index (χ0) is 22.7. The highest BCUT2D eigenvalue weighted by Crippen LogP contribution is 2.68. The Morgan fingerprint density at radius 2 is 2.09 bits per heavy atom. The van der Waals surface area contributed by atoms with Crippen LogP contribution in [0.3, 0.4) is 0 Å². The molecule has 1 N–H and O–H groups in total. The van der Waals surface area contributed by atoms with Gasteiger partial charge in [-0.25, -0.2) is 0 Å². The molecule has 3 fully saturated rings. The summed E-state index contributed by atoms with van der Waals surface area (Å²) >= 11 is 0. The van der Waals surface area contributed by atoms with E-state index in [1.165, 1.54) is 49.7 Å². The lowest BCUT2D eigenvalue weighted by molar-refractivity contribution is -0.137. The quantitative estimate of drug-likeness (QED) is 0.405. The smallest absolute Gasteiger partial charge is 0.0974 e. The monoisotopic (exact) mass is 434 g/mol. The van der Waals surface area contributed by atoms with E-state index >= 15 is 0 Å². The predicted octanol–water partition coefficient (Wildman–Crippen LogP) is 6.33. The Bertz CT molecular complexity index is 923. The van der Waals surface area contributed by atoms with Gasteiger partial charge in [0.05, 0.1) is 11.2 Å². The van der Waals surface area contributed by atoms with E-state index in [9.17, 15) is 0 Å². The summed E-state index contributed by atoms with van der Waals surface area (Å²) in [6.07, 6.45) is 18.9. The number of ether oxygens (including phenoxy) is 1. The number of hydrogen-bond donors (Lipinski definition) is 1. The molecule has 0 aromatic carbocycles. The summed E-state index contributed by atoms with van der Waals surface area (Å²) in [4.78, 5) is 4.15. The second-order valence-corrected chi connectivity index (χ2v) is 11.8. The minimum Gasteiger partial charge on any atom is -0.359 e. The van der Waals surface area contributed by atoms with Crippen molar-refractivity contribution in [3.8, 4) is 0 Å². The number of hydrogen-bond acceptors (Lipinski definition) is 3. The van der Waals surface area contributed by atoms with Crippen molar-refractivity contribution >= 4 is 6.21 Å². The van der Waals surface area contributed by atoms with Crippen molar-refractivity contribution in [2.24, 2.45) is 22.2 Å². The molecule has 174 valence electrons. The van der Waals surface area contributed by atoms with Crippen LogP contribution in [-0.4, -0.2) is 36.5 Å². The van der Waals surface area contributed by atoms with Crippen molar-refractivity contribution in [2.75, 3.05) is 7.05 Å². The average molecular weight is 435 g/mol. The van der Waals surface area contributed by atoms with Crippen molar-refractivity contribution in [3.63, 3.8) is 0 Å². The van der Waals surface area contributed by atoms with Gasteiger partial charge in [-0.1, -0.05) is 51.2 Å². The molecular weight excluding hydrogens is 392 g/mol. The first-order chi connectivity index (χ1) is 15.2. The van der Waals surface area contributed by atoms with E-state index in [2.05, 4.69) is 62.8 Å². The van der Waals surface area contributed by atoms with Crippen LogP contribution in [0.4, 0.5) is 0 Å². The Labute approximate surface area is 195 Å². The summed E-state index contributed by atoms with van der Waals surface area (Å²) in [6, 6.07) is 1.11. The first kappa shape index (κ1) is 22.3. The lowest BCUT2D eigenvalue weighted by Gasteiger charge is -2.54. The molecule has 0 aromatic rings. The fourth-order valence-corrected chi connectivity index (χ4v) is 8.37. The molecule has 1 saturated heterocycles. The molecule has 2 spiro atoms. The van der Waals surface area contributed by atoms with Crippen molar-refractivity contribution in [1.82, 2.24) is 5.32 Å². The number of nitrogens with zero attached hydrogens (tertiary/aromatic N) is 1. The Morgan fingerprint density at radius 1 is 1.28 bits per heavy atom. The van der Waals surface area contributed by atoms with Crippen molar-refractivity contribution in [3.05, 3.63) is 47.1 Å². The lowest BCUT2D eigenvalue weighted by atomic mass is 9.58. The van der Waals surface area contributed by atoms with Crippen LogP contribution >= 0.6 is 0 Å². The fourth-order valence-electron chi connectivity index (χ4n) is 8.37. The highest BCUT2D eigenvalue weighted by Gasteiger charge is 2.66. The van der Waals surface area contributed by atoms with Crippen molar-refractivity contribution in [1.29, 1.82) is 0 Å². The molecule has 32 heavy (non-hydrogen) atoms. The predicted molar refractivity (Wildman–Crippen MR) is 134 cm³/mol. The van der Waals surface area contributed by atoms with Gasteiger partial charge in [-0.15, -0.1) is 0 Å². The van der Waals surface area contributed by atoms with E-state index < -0.39 is 0 Å². The molecule has 3 unspecified atom stereocenters. The lowest BCUT2D eigenvalue weighted by Crippen LogP contribution is -2.55. The van der Waals surface area contributed by atoms with Gasteiger partial charge in [0.1, 0.15) is 0 Å². The fraction of sp³-hybridized carbons (Fsp3) is 0.690. The summed E-state index contributed by atoms with van der Waals surface area (Å²) in [5.41, 5.74) is 5.75. The van der Waals surface area contributed by atoms with Gasteiger partial charge in [0.2, 0.25) is 0 Å². The van der Waals surface area contributed by atoms with Crippen LogP contribution in [0.1, 0.15) is 79.1 Å². The van der Waals surface area contributed by atoms with E-state index in [-0.39, 0.29) is 16.6 Å². The first-order valence-electron chi connectivity index (χ1n) is 12.9. The third kappa shape index (κ3) is 3.26. The molecule has 3 heteroatoms. The molecular formula is C29H42N2O. The molecule has 2 aliphatic heterocycles. The highest BCUT2D eigenvalue weighted by atomic mass is 16.5. The van der Waals surface area contributed by atoms with Crippen LogP contribution in [0.25, 0.3) is 0 Å². The summed E-state index contributed by atoms with van der Waals surface area (Å²) in [7, 11) is 1.82. The largest absolute Gasteiger partial charge is 0.359 e. The molecule has 2 heterocycles. The summed E-state index contributed by atoms with van der Waals surface area (Å²) in [5, 5.41) is 3.82. The van der Waals surface area contributed by atoms with Crippen LogP contribution in [0.5, 0.6) is 0 Å². The molecule has 5 aliphatic rings. The number of nitrogens with one attached hydrogen (secondary N) is 1. The summed E-state index contributed by atoms with van der Waals surface area (Å²) in [6.45, 7) is 13.6. The SMILES string of the molecule is C=C(/C=N\C)/C=C(\C)C1CC[C@@H]2C1(C)CC=C1C=C3CCC(NC(C)C)C[C@]34CC[C@@]12O4. The van der Waals surface area contributed by atoms with Gasteiger partial charge in [0.25, 0.3) is 0 Å². The van der Waals surface area contributed by atoms with Gasteiger partial charge >= 0.3 is 0 Å². The maximum absolute atomic E-state index is 7.38. The molecule has 0 amide bonds. The molecule has 5 rings (SSSR count). The van der Waals surface area contributed by atoms with Crippen LogP contribution < -0.4 is 5.32 Å². The van der Waals surface area contributed by atoms with E-state index in [1.807, 2.05) is 13.3 Å². The first-order valence-corrected chi connectivity index (χ1v) is 12.9. The zero-order valence-electron chi connectivity index (χ0n) is 20.8. The van der Waals surface area contributed by atoms with Gasteiger partial charge < -0.3 is 10.1 Å². The third-order valence-electron chi connectivity index (χ3n) is 9.51. The minimum absolute atomic E-state index is 0.0186. The number of fused-ring (bicyclic) bond motifs is 1. The van der Waals surface area contributed by atoms with Gasteiger partial charge in [-0.2, -0.15) is 0 Å². The molecule has 2 saturated carbocycles. The Kier molecular flexibility index (Phi) is 5.45. The topological polar surface area (TPSA) is 33.6 Å². The van der Waals surface area contributed by atoms with Crippen LogP contribution in [-0.2, 0) is 4.74 Å². The molecule has 0 radical (unpaired) electrons. The Balaban J connectivity index is 1.46. The van der Waals surface area contributed by atoms with Crippen LogP contribution in [0, 0.1) is 17.3 Å². The minimum atomic E-state index is -0.0624. The average Bonchev–Trinajstić information content (AvgIpc) is 3.23. The molecule has 3 nitrogen and oxygen atoms in total. The van der Waals surface area contributed by atoms with Crippen LogP contribution in [0.15, 0.2) is 52.1 Å². The maximum Gasteiger partial charge on any atom is 0.0974 e. The van der Waals surface area contributed by atoms with Gasteiger partial charge in [0, 0.05) is 25.3 Å². The molecule has 6 atom stereocenters. The third-order valence-corrected chi connectivity index (χ3v) is 9.51. The van der Waals surface area contributed by atoms with Crippen LogP contribution in [0.2, 0.25) is 0 Å². The van der Waals surface area contributed by atoms with Gasteiger partial charge in [0.15, 0.2) is 0 Å². The standard InChI is InChI=1S/C29H42N2O/c1-19(2)31-24-8-7-22-16-23-11-12-27(5)25(21(4)15-20(3)18-30-6)9-10-26(27)29(23)14-13-28(22,17-24)32-29/h11,15-16,18-19,24-26,31H,3,7-10,12-14,17H2,1-2,4-6H3/b21-15+,30-18-/t24?,25?,26-,27?,28-,29-/m1/s1. The maximum atomic E-state index is 7.38. The van der Waals surface area contributed by atoms with Gasteiger partial charge in [-0.3, -0.25) is 4.99 Å². The van der Waals surface area contributed by atoms with Gasteiger partial charge in [-0.05, 0) is 92.3 Å². The van der Waals surface area contributed by atoms with E-state index in [0.29, 0.717) is 23.9 Å². The second-order valence-electron chi connectivity index (χ2n) is 11.8. The molecule has 3 aliphatic carbocycles. The van der Waals surface area contributed by atoms with Crippen molar-refractivity contribution in [2.45, 2.75) is 102 Å². The zero-order valence-corrected chi connectivity index (χ0v) is 20.8. The summed E-state index contributed by atoms with van der Waals surface area (Å²) in [5.74, 6) is 1.20. The number of allylic oxidation sites excluding steroid dienone is 4. The number of rotatable bonds is 5. The second kappa shape index (κ2) is 7.81. The molecule has 0 aromatic heterocycles.